The number of fused-ring (bicyclic) bond motifs is 3. The first kappa shape index (κ1) is 21.4. The standard InChI is InChI=1S/C25H22Cl2N2O2S/c1-15-4-2-5-17(12-15)29-32(30,31)18-9-11-24-21(14-18)19-6-3-7-20(19)25(28-24)16-8-10-22(26)23(27)13-16/h2-6,8-14,19-20,25,28-29H,7H2,1H3/t19-,20-,25+/m1/s1. The minimum Gasteiger partial charge on any atom is -0.378 e. The van der Waals surface area contributed by atoms with Crippen LogP contribution in [0.4, 0.5) is 11.4 Å². The minimum atomic E-state index is -3.70. The van der Waals surface area contributed by atoms with Crippen LogP contribution in [-0.2, 0) is 10.0 Å². The number of sulfonamides is 1. The van der Waals surface area contributed by atoms with Gasteiger partial charge < -0.3 is 5.32 Å². The van der Waals surface area contributed by atoms with Crippen LogP contribution in [-0.4, -0.2) is 8.42 Å². The number of nitrogens with one attached hydrogen (secondary N) is 2. The summed E-state index contributed by atoms with van der Waals surface area (Å²) < 4.78 is 28.8. The van der Waals surface area contributed by atoms with E-state index in [1.807, 2.05) is 49.4 Å². The van der Waals surface area contributed by atoms with Crippen LogP contribution in [0.15, 0.2) is 77.7 Å². The Morgan fingerprint density at radius 3 is 2.62 bits per heavy atom. The summed E-state index contributed by atoms with van der Waals surface area (Å²) in [7, 11) is -3.70. The lowest BCUT2D eigenvalue weighted by atomic mass is 9.77. The van der Waals surface area contributed by atoms with Crippen molar-refractivity contribution in [1.82, 2.24) is 0 Å². The van der Waals surface area contributed by atoms with Gasteiger partial charge in [0.1, 0.15) is 0 Å². The molecule has 3 aromatic rings. The van der Waals surface area contributed by atoms with Crippen molar-refractivity contribution in [2.45, 2.75) is 30.2 Å². The Bertz CT molecular complexity index is 1340. The lowest BCUT2D eigenvalue weighted by Gasteiger charge is -2.37. The van der Waals surface area contributed by atoms with Gasteiger partial charge in [0.25, 0.3) is 10.0 Å². The summed E-state index contributed by atoms with van der Waals surface area (Å²) in [4.78, 5) is 0.256. The molecule has 0 spiro atoms. The fourth-order valence-corrected chi connectivity index (χ4v) is 6.09. The molecule has 0 saturated heterocycles. The molecule has 1 aliphatic heterocycles. The maximum atomic E-state index is 13.1. The van der Waals surface area contributed by atoms with Crippen molar-refractivity contribution in [1.29, 1.82) is 0 Å². The summed E-state index contributed by atoms with van der Waals surface area (Å²) >= 11 is 12.4. The van der Waals surface area contributed by atoms with Crippen molar-refractivity contribution >= 4 is 44.6 Å². The van der Waals surface area contributed by atoms with Crippen LogP contribution < -0.4 is 10.0 Å². The third-order valence-corrected chi connectivity index (χ3v) is 8.34. The number of halogens is 2. The van der Waals surface area contributed by atoms with E-state index in [-0.39, 0.29) is 22.8 Å². The van der Waals surface area contributed by atoms with Crippen molar-refractivity contribution in [3.8, 4) is 0 Å². The van der Waals surface area contributed by atoms with Crippen molar-refractivity contribution in [3.63, 3.8) is 0 Å². The number of aryl methyl sites for hydroxylation is 1. The van der Waals surface area contributed by atoms with Gasteiger partial charge in [-0.3, -0.25) is 4.72 Å². The number of benzene rings is 3. The van der Waals surface area contributed by atoms with E-state index in [2.05, 4.69) is 22.2 Å². The molecule has 2 aliphatic rings. The Morgan fingerprint density at radius 1 is 1.00 bits per heavy atom. The van der Waals surface area contributed by atoms with E-state index in [9.17, 15) is 8.42 Å². The largest absolute Gasteiger partial charge is 0.378 e. The van der Waals surface area contributed by atoms with Crippen molar-refractivity contribution in [3.05, 3.63) is 99.6 Å². The molecule has 7 heteroatoms. The van der Waals surface area contributed by atoms with Gasteiger partial charge in [-0.1, -0.05) is 53.6 Å². The first-order valence-corrected chi connectivity index (χ1v) is 12.7. The predicted molar refractivity (Wildman–Crippen MR) is 131 cm³/mol. The van der Waals surface area contributed by atoms with Crippen LogP contribution in [0.5, 0.6) is 0 Å². The van der Waals surface area contributed by atoms with E-state index in [0.717, 1.165) is 28.8 Å². The zero-order chi connectivity index (χ0) is 22.5. The molecule has 1 heterocycles. The molecule has 2 N–H and O–H groups in total. The third-order valence-electron chi connectivity index (χ3n) is 6.22. The van der Waals surface area contributed by atoms with E-state index in [1.165, 1.54) is 0 Å². The fraction of sp³-hybridized carbons (Fsp3) is 0.200. The molecule has 0 unspecified atom stereocenters. The Hall–Kier alpha value is -2.47. The maximum Gasteiger partial charge on any atom is 0.261 e. The van der Waals surface area contributed by atoms with Crippen LogP contribution >= 0.6 is 23.2 Å². The zero-order valence-electron chi connectivity index (χ0n) is 17.3. The zero-order valence-corrected chi connectivity index (χ0v) is 19.7. The molecular weight excluding hydrogens is 463 g/mol. The molecule has 3 atom stereocenters. The molecule has 0 bridgehead atoms. The van der Waals surface area contributed by atoms with Gasteiger partial charge in [0.05, 0.1) is 21.0 Å². The van der Waals surface area contributed by atoms with Crippen LogP contribution in [0, 0.1) is 12.8 Å². The summed E-state index contributed by atoms with van der Waals surface area (Å²) in [5, 5.41) is 4.67. The van der Waals surface area contributed by atoms with Gasteiger partial charge in [-0.2, -0.15) is 0 Å². The van der Waals surface area contributed by atoms with Crippen molar-refractivity contribution < 1.29 is 8.42 Å². The van der Waals surface area contributed by atoms with Gasteiger partial charge in [-0.15, -0.1) is 0 Å². The van der Waals surface area contributed by atoms with Gasteiger partial charge in [-0.05, 0) is 78.4 Å². The lowest BCUT2D eigenvalue weighted by molar-refractivity contribution is 0.425. The number of hydrogen-bond donors (Lipinski definition) is 2. The Kier molecular flexibility index (Phi) is 5.44. The first-order valence-electron chi connectivity index (χ1n) is 10.4. The van der Waals surface area contributed by atoms with Gasteiger partial charge in [-0.25, -0.2) is 8.42 Å². The van der Waals surface area contributed by atoms with Gasteiger partial charge in [0, 0.05) is 17.3 Å². The molecule has 0 radical (unpaired) electrons. The summed E-state index contributed by atoms with van der Waals surface area (Å²) in [6.07, 6.45) is 5.25. The second kappa shape index (κ2) is 8.14. The first-order chi connectivity index (χ1) is 15.3. The monoisotopic (exact) mass is 484 g/mol. The molecule has 4 nitrogen and oxygen atoms in total. The molecule has 3 aromatic carbocycles. The number of rotatable bonds is 4. The molecule has 164 valence electrons. The Labute approximate surface area is 198 Å². The topological polar surface area (TPSA) is 58.2 Å². The molecule has 0 aromatic heterocycles. The molecular formula is C25H22Cl2N2O2S. The fourth-order valence-electron chi connectivity index (χ4n) is 4.70. The molecule has 0 saturated carbocycles. The highest BCUT2D eigenvalue weighted by atomic mass is 35.5. The Balaban J connectivity index is 1.49. The summed E-state index contributed by atoms with van der Waals surface area (Å²) in [6.45, 7) is 1.93. The minimum absolute atomic E-state index is 0.0603. The second-order valence-corrected chi connectivity index (χ2v) is 10.9. The highest BCUT2D eigenvalue weighted by molar-refractivity contribution is 7.92. The average molecular weight is 485 g/mol. The van der Waals surface area contributed by atoms with Crippen LogP contribution in [0.2, 0.25) is 10.0 Å². The third kappa shape index (κ3) is 3.90. The van der Waals surface area contributed by atoms with Gasteiger partial charge in [0.15, 0.2) is 0 Å². The van der Waals surface area contributed by atoms with Crippen molar-refractivity contribution in [2.75, 3.05) is 10.0 Å². The van der Waals surface area contributed by atoms with E-state index >= 15 is 0 Å². The van der Waals surface area contributed by atoms with E-state index < -0.39 is 10.0 Å². The predicted octanol–water partition coefficient (Wildman–Crippen LogP) is 6.93. The smallest absolute Gasteiger partial charge is 0.261 e. The molecule has 1 aliphatic carbocycles. The van der Waals surface area contributed by atoms with Crippen LogP contribution in [0.3, 0.4) is 0 Å². The number of hydrogen-bond acceptors (Lipinski definition) is 3. The lowest BCUT2D eigenvalue weighted by Crippen LogP contribution is -2.29. The second-order valence-electron chi connectivity index (χ2n) is 8.37. The molecule has 5 rings (SSSR count). The number of anilines is 2. The van der Waals surface area contributed by atoms with Crippen LogP contribution in [0.25, 0.3) is 0 Å². The Morgan fingerprint density at radius 2 is 1.84 bits per heavy atom. The van der Waals surface area contributed by atoms with E-state index in [0.29, 0.717) is 15.7 Å². The number of allylic oxidation sites excluding steroid dienone is 2. The van der Waals surface area contributed by atoms with E-state index in [1.54, 1.807) is 18.2 Å². The summed E-state index contributed by atoms with van der Waals surface area (Å²) in [5.41, 5.74) is 4.54. The summed E-state index contributed by atoms with van der Waals surface area (Å²) in [5.74, 6) is 0.391. The van der Waals surface area contributed by atoms with Crippen molar-refractivity contribution in [2.24, 2.45) is 5.92 Å². The highest BCUT2D eigenvalue weighted by Crippen LogP contribution is 2.50. The van der Waals surface area contributed by atoms with Gasteiger partial charge >= 0.3 is 0 Å². The van der Waals surface area contributed by atoms with E-state index in [4.69, 9.17) is 23.2 Å². The molecule has 0 fully saturated rings. The normalized spacial score (nSPS) is 21.5. The maximum absolute atomic E-state index is 13.1. The van der Waals surface area contributed by atoms with Crippen LogP contribution in [0.1, 0.15) is 35.1 Å². The average Bonchev–Trinajstić information content (AvgIpc) is 3.25. The SMILES string of the molecule is Cc1cccc(NS(=O)(=O)c2ccc3c(c2)[C@@H]2C=CC[C@H]2[C@H](c2ccc(Cl)c(Cl)c2)N3)c1. The molecule has 0 amide bonds. The highest BCUT2D eigenvalue weighted by Gasteiger charge is 2.38. The molecule has 32 heavy (non-hydrogen) atoms. The van der Waals surface area contributed by atoms with Gasteiger partial charge in [0.2, 0.25) is 0 Å². The quantitative estimate of drug-likeness (QED) is 0.394. The summed E-state index contributed by atoms with van der Waals surface area (Å²) in [6, 6.07) is 18.4.